The van der Waals surface area contributed by atoms with E-state index in [1.165, 1.54) is 0 Å². The van der Waals surface area contributed by atoms with Gasteiger partial charge in [0.15, 0.2) is 0 Å². The van der Waals surface area contributed by atoms with Crippen molar-refractivity contribution in [2.24, 2.45) is 0 Å². The Balaban J connectivity index is 1.39. The van der Waals surface area contributed by atoms with Crippen LogP contribution in [0.5, 0.6) is 5.75 Å². The standard InChI is InChI=1S/C19H25FN4O/c1-2-14-11-16(20)12-15-5-6-17(25-18(14)15)13-21-7-3-8-22-19-23-9-4-10-24-19/h4,9-12,17,21H,2-3,5-8,13H2,1H3,(H,22,23,24). The van der Waals surface area contributed by atoms with Gasteiger partial charge in [-0.15, -0.1) is 0 Å². The largest absolute Gasteiger partial charge is 0.489 e. The number of aryl methyl sites for hydroxylation is 2. The van der Waals surface area contributed by atoms with E-state index in [0.717, 1.165) is 62.2 Å². The molecule has 5 nitrogen and oxygen atoms in total. The molecule has 0 bridgehead atoms. The van der Waals surface area contributed by atoms with E-state index in [9.17, 15) is 4.39 Å². The van der Waals surface area contributed by atoms with Gasteiger partial charge in [0.05, 0.1) is 0 Å². The molecule has 1 aromatic carbocycles. The summed E-state index contributed by atoms with van der Waals surface area (Å²) in [6.45, 7) is 4.56. The third kappa shape index (κ3) is 4.89. The Labute approximate surface area is 148 Å². The number of anilines is 1. The zero-order chi connectivity index (χ0) is 17.5. The lowest BCUT2D eigenvalue weighted by atomic mass is 9.98. The molecule has 6 heteroatoms. The maximum atomic E-state index is 13.6. The van der Waals surface area contributed by atoms with Gasteiger partial charge in [-0.3, -0.25) is 0 Å². The first-order valence-electron chi connectivity index (χ1n) is 8.96. The Morgan fingerprint density at radius 1 is 1.24 bits per heavy atom. The number of halogens is 1. The average Bonchev–Trinajstić information content (AvgIpc) is 2.64. The lowest BCUT2D eigenvalue weighted by molar-refractivity contribution is 0.168. The third-order valence-electron chi connectivity index (χ3n) is 4.36. The molecule has 0 aliphatic carbocycles. The summed E-state index contributed by atoms with van der Waals surface area (Å²) in [5, 5.41) is 6.63. The number of rotatable bonds is 8. The van der Waals surface area contributed by atoms with E-state index in [4.69, 9.17) is 4.74 Å². The van der Waals surface area contributed by atoms with Crippen LogP contribution in [0.4, 0.5) is 10.3 Å². The minimum absolute atomic E-state index is 0.147. The van der Waals surface area contributed by atoms with Crippen molar-refractivity contribution in [1.29, 1.82) is 0 Å². The Morgan fingerprint density at radius 2 is 2.08 bits per heavy atom. The van der Waals surface area contributed by atoms with Crippen molar-refractivity contribution in [3.63, 3.8) is 0 Å². The fourth-order valence-corrected chi connectivity index (χ4v) is 3.06. The van der Waals surface area contributed by atoms with Crippen LogP contribution in [0.15, 0.2) is 30.6 Å². The van der Waals surface area contributed by atoms with Gasteiger partial charge >= 0.3 is 0 Å². The molecular formula is C19H25FN4O. The molecule has 0 amide bonds. The van der Waals surface area contributed by atoms with E-state index in [1.54, 1.807) is 30.6 Å². The van der Waals surface area contributed by atoms with Crippen LogP contribution in [0.25, 0.3) is 0 Å². The Hall–Kier alpha value is -2.21. The van der Waals surface area contributed by atoms with Crippen LogP contribution in [0.3, 0.4) is 0 Å². The maximum absolute atomic E-state index is 13.6. The van der Waals surface area contributed by atoms with Crippen molar-refractivity contribution in [2.45, 2.75) is 38.7 Å². The zero-order valence-corrected chi connectivity index (χ0v) is 14.6. The highest BCUT2D eigenvalue weighted by Gasteiger charge is 2.22. The van der Waals surface area contributed by atoms with E-state index in [2.05, 4.69) is 20.6 Å². The third-order valence-corrected chi connectivity index (χ3v) is 4.36. The molecule has 0 saturated heterocycles. The fraction of sp³-hybridized carbons (Fsp3) is 0.474. The predicted octanol–water partition coefficient (Wildman–Crippen LogP) is 2.96. The lowest BCUT2D eigenvalue weighted by Crippen LogP contribution is -2.35. The fourth-order valence-electron chi connectivity index (χ4n) is 3.06. The van der Waals surface area contributed by atoms with Gasteiger partial charge in [0.1, 0.15) is 17.7 Å². The molecule has 2 aromatic rings. The number of nitrogens with one attached hydrogen (secondary N) is 2. The maximum Gasteiger partial charge on any atom is 0.222 e. The van der Waals surface area contributed by atoms with Gasteiger partial charge in [-0.05, 0) is 61.6 Å². The van der Waals surface area contributed by atoms with E-state index < -0.39 is 0 Å². The second-order valence-electron chi connectivity index (χ2n) is 6.24. The summed E-state index contributed by atoms with van der Waals surface area (Å²) in [6.07, 6.45) is 7.15. The number of ether oxygens (including phenoxy) is 1. The van der Waals surface area contributed by atoms with Gasteiger partial charge in [-0.1, -0.05) is 6.92 Å². The van der Waals surface area contributed by atoms with Crippen molar-refractivity contribution >= 4 is 5.95 Å². The van der Waals surface area contributed by atoms with Gasteiger partial charge < -0.3 is 15.4 Å². The topological polar surface area (TPSA) is 59.1 Å². The first-order chi connectivity index (χ1) is 12.3. The summed E-state index contributed by atoms with van der Waals surface area (Å²) in [7, 11) is 0. The number of aromatic nitrogens is 2. The first kappa shape index (κ1) is 17.6. The number of fused-ring (bicyclic) bond motifs is 1. The molecule has 3 rings (SSSR count). The lowest BCUT2D eigenvalue weighted by Gasteiger charge is -2.28. The monoisotopic (exact) mass is 344 g/mol. The van der Waals surface area contributed by atoms with E-state index in [1.807, 2.05) is 6.92 Å². The van der Waals surface area contributed by atoms with Gasteiger partial charge in [0, 0.05) is 25.5 Å². The molecule has 25 heavy (non-hydrogen) atoms. The Kier molecular flexibility index (Phi) is 6.17. The highest BCUT2D eigenvalue weighted by molar-refractivity contribution is 5.43. The molecule has 0 fully saturated rings. The summed E-state index contributed by atoms with van der Waals surface area (Å²) < 4.78 is 19.7. The molecule has 2 N–H and O–H groups in total. The molecule has 1 atom stereocenters. The second-order valence-corrected chi connectivity index (χ2v) is 6.24. The summed E-state index contributed by atoms with van der Waals surface area (Å²) in [6, 6.07) is 4.99. The predicted molar refractivity (Wildman–Crippen MR) is 96.5 cm³/mol. The number of benzene rings is 1. The normalized spacial score (nSPS) is 16.2. The molecule has 1 aliphatic heterocycles. The number of nitrogens with zero attached hydrogens (tertiary/aromatic N) is 2. The minimum Gasteiger partial charge on any atom is -0.489 e. The van der Waals surface area contributed by atoms with Gasteiger partial charge in [0.25, 0.3) is 0 Å². The second kappa shape index (κ2) is 8.76. The first-order valence-corrected chi connectivity index (χ1v) is 8.96. The molecule has 0 spiro atoms. The highest BCUT2D eigenvalue weighted by atomic mass is 19.1. The average molecular weight is 344 g/mol. The van der Waals surface area contributed by atoms with E-state index in [0.29, 0.717) is 5.95 Å². The smallest absolute Gasteiger partial charge is 0.222 e. The van der Waals surface area contributed by atoms with Crippen molar-refractivity contribution in [1.82, 2.24) is 15.3 Å². The van der Waals surface area contributed by atoms with Crippen LogP contribution in [-0.2, 0) is 12.8 Å². The van der Waals surface area contributed by atoms with Crippen molar-refractivity contribution in [3.05, 3.63) is 47.5 Å². The molecule has 0 saturated carbocycles. The molecular weight excluding hydrogens is 319 g/mol. The van der Waals surface area contributed by atoms with E-state index >= 15 is 0 Å². The van der Waals surface area contributed by atoms with Gasteiger partial charge in [-0.25, -0.2) is 14.4 Å². The molecule has 134 valence electrons. The zero-order valence-electron chi connectivity index (χ0n) is 14.6. The highest BCUT2D eigenvalue weighted by Crippen LogP contribution is 2.32. The molecule has 1 aromatic heterocycles. The van der Waals surface area contributed by atoms with Gasteiger partial charge in [0.2, 0.25) is 5.95 Å². The van der Waals surface area contributed by atoms with Gasteiger partial charge in [-0.2, -0.15) is 0 Å². The van der Waals surface area contributed by atoms with Crippen LogP contribution in [0, 0.1) is 5.82 Å². The summed E-state index contributed by atoms with van der Waals surface area (Å²) in [5.74, 6) is 1.39. The summed E-state index contributed by atoms with van der Waals surface area (Å²) >= 11 is 0. The SMILES string of the molecule is CCc1cc(F)cc2c1OC(CNCCCNc1ncccn1)CC2. The van der Waals surface area contributed by atoms with Crippen LogP contribution in [0.2, 0.25) is 0 Å². The van der Waals surface area contributed by atoms with Crippen molar-refractivity contribution in [2.75, 3.05) is 25.0 Å². The summed E-state index contributed by atoms with van der Waals surface area (Å²) in [5.41, 5.74) is 1.96. The van der Waals surface area contributed by atoms with Crippen LogP contribution in [-0.4, -0.2) is 35.7 Å². The quantitative estimate of drug-likeness (QED) is 0.721. The Bertz CT molecular complexity index is 663. The minimum atomic E-state index is -0.161. The summed E-state index contributed by atoms with van der Waals surface area (Å²) in [4.78, 5) is 8.25. The van der Waals surface area contributed by atoms with E-state index in [-0.39, 0.29) is 11.9 Å². The number of hydrogen-bond donors (Lipinski definition) is 2. The Morgan fingerprint density at radius 3 is 2.88 bits per heavy atom. The molecule has 1 aliphatic rings. The molecule has 1 unspecified atom stereocenters. The van der Waals surface area contributed by atoms with Crippen molar-refractivity contribution in [3.8, 4) is 5.75 Å². The molecule has 0 radical (unpaired) electrons. The molecule has 2 heterocycles. The number of hydrogen-bond acceptors (Lipinski definition) is 5. The van der Waals surface area contributed by atoms with Crippen LogP contribution < -0.4 is 15.4 Å². The van der Waals surface area contributed by atoms with Crippen molar-refractivity contribution < 1.29 is 9.13 Å². The van der Waals surface area contributed by atoms with Crippen LogP contribution >= 0.6 is 0 Å². The van der Waals surface area contributed by atoms with Crippen LogP contribution in [0.1, 0.15) is 30.9 Å².